The van der Waals surface area contributed by atoms with Gasteiger partial charge in [-0.15, -0.1) is 0 Å². The second kappa shape index (κ2) is 3.03. The highest BCUT2D eigenvalue weighted by Crippen LogP contribution is 2.33. The van der Waals surface area contributed by atoms with Gasteiger partial charge in [0.05, 0.1) is 10.5 Å². The maximum atomic E-state index is 6.18. The molecule has 0 aliphatic rings. The Morgan fingerprint density at radius 2 is 2.08 bits per heavy atom. The zero-order valence-electron chi connectivity index (χ0n) is 7.44. The maximum absolute atomic E-state index is 6.18. The Hall–Kier alpha value is -0.470. The van der Waals surface area contributed by atoms with Crippen molar-refractivity contribution in [1.29, 1.82) is 0 Å². The van der Waals surface area contributed by atoms with Gasteiger partial charge in [0.2, 0.25) is 0 Å². The average Bonchev–Trinajstić information content (AvgIpc) is 2.33. The number of benzene rings is 1. The summed E-state index contributed by atoms with van der Waals surface area (Å²) in [6, 6.07) is 6.06. The van der Waals surface area contributed by atoms with Crippen LogP contribution in [0.15, 0.2) is 22.7 Å². The van der Waals surface area contributed by atoms with Gasteiger partial charge < -0.3 is 4.57 Å². The van der Waals surface area contributed by atoms with Crippen molar-refractivity contribution in [3.8, 4) is 0 Å². The van der Waals surface area contributed by atoms with E-state index in [2.05, 4.69) is 20.5 Å². The van der Waals surface area contributed by atoms with Crippen LogP contribution in [0.4, 0.5) is 0 Å². The van der Waals surface area contributed by atoms with Crippen molar-refractivity contribution in [3.63, 3.8) is 0 Å². The SMILES string of the molecule is Cc1c(Cl)c2cccc(Br)c2n1C. The number of rotatable bonds is 0. The van der Waals surface area contributed by atoms with Gasteiger partial charge in [0.25, 0.3) is 0 Å². The van der Waals surface area contributed by atoms with Crippen LogP contribution in [-0.2, 0) is 7.05 Å². The molecule has 0 saturated carbocycles. The highest BCUT2D eigenvalue weighted by Gasteiger charge is 2.11. The molecular weight excluding hydrogens is 249 g/mol. The average molecular weight is 259 g/mol. The molecular formula is C10H9BrClN. The van der Waals surface area contributed by atoms with Crippen molar-refractivity contribution in [1.82, 2.24) is 4.57 Å². The van der Waals surface area contributed by atoms with E-state index >= 15 is 0 Å². The minimum Gasteiger partial charge on any atom is -0.346 e. The van der Waals surface area contributed by atoms with E-state index in [1.54, 1.807) is 0 Å². The molecule has 0 aliphatic heterocycles. The molecule has 1 heterocycles. The van der Waals surface area contributed by atoms with E-state index in [1.165, 1.54) is 0 Å². The lowest BCUT2D eigenvalue weighted by Crippen LogP contribution is -1.89. The lowest BCUT2D eigenvalue weighted by Gasteiger charge is -1.99. The number of halogens is 2. The van der Waals surface area contributed by atoms with E-state index in [-0.39, 0.29) is 0 Å². The van der Waals surface area contributed by atoms with Crippen molar-refractivity contribution >= 4 is 38.4 Å². The maximum Gasteiger partial charge on any atom is 0.0691 e. The highest BCUT2D eigenvalue weighted by atomic mass is 79.9. The zero-order chi connectivity index (χ0) is 9.59. The summed E-state index contributed by atoms with van der Waals surface area (Å²) < 4.78 is 3.18. The summed E-state index contributed by atoms with van der Waals surface area (Å²) in [5.74, 6) is 0. The first-order valence-electron chi connectivity index (χ1n) is 4.02. The molecule has 1 aromatic heterocycles. The molecule has 0 amide bonds. The molecule has 1 nitrogen and oxygen atoms in total. The van der Waals surface area contributed by atoms with Crippen LogP contribution in [0.1, 0.15) is 5.69 Å². The fourth-order valence-corrected chi connectivity index (χ4v) is 2.45. The van der Waals surface area contributed by atoms with Gasteiger partial charge in [0.1, 0.15) is 0 Å². The largest absolute Gasteiger partial charge is 0.346 e. The number of hydrogen-bond acceptors (Lipinski definition) is 0. The molecule has 0 aliphatic carbocycles. The quantitative estimate of drug-likeness (QED) is 0.675. The number of para-hydroxylation sites is 1. The number of aryl methyl sites for hydroxylation is 1. The molecule has 3 heteroatoms. The van der Waals surface area contributed by atoms with Crippen LogP contribution in [-0.4, -0.2) is 4.57 Å². The standard InChI is InChI=1S/C10H9BrClN/c1-6-9(12)7-4-3-5-8(11)10(7)13(6)2/h3-5H,1-2H3. The molecule has 0 radical (unpaired) electrons. The summed E-state index contributed by atoms with van der Waals surface area (Å²) in [5, 5.41) is 1.95. The van der Waals surface area contributed by atoms with Crippen LogP contribution in [0.5, 0.6) is 0 Å². The van der Waals surface area contributed by atoms with Crippen LogP contribution >= 0.6 is 27.5 Å². The monoisotopic (exact) mass is 257 g/mol. The molecule has 0 fully saturated rings. The number of fused-ring (bicyclic) bond motifs is 1. The van der Waals surface area contributed by atoms with E-state index in [0.717, 1.165) is 26.1 Å². The smallest absolute Gasteiger partial charge is 0.0691 e. The van der Waals surface area contributed by atoms with Gasteiger partial charge in [-0.2, -0.15) is 0 Å². The van der Waals surface area contributed by atoms with Crippen LogP contribution in [0.2, 0.25) is 5.02 Å². The number of nitrogens with zero attached hydrogens (tertiary/aromatic N) is 1. The first-order valence-corrected chi connectivity index (χ1v) is 5.19. The van der Waals surface area contributed by atoms with Crippen molar-refractivity contribution in [2.45, 2.75) is 6.92 Å². The van der Waals surface area contributed by atoms with E-state index < -0.39 is 0 Å². The Bertz CT molecular complexity index is 473. The van der Waals surface area contributed by atoms with Crippen molar-refractivity contribution in [3.05, 3.63) is 33.4 Å². The third-order valence-electron chi connectivity index (χ3n) is 2.38. The molecule has 0 saturated heterocycles. The van der Waals surface area contributed by atoms with Gasteiger partial charge in [0, 0.05) is 22.6 Å². The third-order valence-corrected chi connectivity index (χ3v) is 3.50. The van der Waals surface area contributed by atoms with Gasteiger partial charge in [-0.25, -0.2) is 0 Å². The predicted molar refractivity (Wildman–Crippen MR) is 60.4 cm³/mol. The van der Waals surface area contributed by atoms with Gasteiger partial charge in [0.15, 0.2) is 0 Å². The topological polar surface area (TPSA) is 4.93 Å². The van der Waals surface area contributed by atoms with Crippen LogP contribution in [0, 0.1) is 6.92 Å². The van der Waals surface area contributed by atoms with Crippen LogP contribution in [0.25, 0.3) is 10.9 Å². The van der Waals surface area contributed by atoms with Crippen molar-refractivity contribution < 1.29 is 0 Å². The zero-order valence-corrected chi connectivity index (χ0v) is 9.78. The summed E-state index contributed by atoms with van der Waals surface area (Å²) in [4.78, 5) is 0. The molecule has 13 heavy (non-hydrogen) atoms. The lowest BCUT2D eigenvalue weighted by atomic mass is 10.2. The molecule has 68 valence electrons. The molecule has 0 bridgehead atoms. The Morgan fingerprint density at radius 3 is 2.69 bits per heavy atom. The highest BCUT2D eigenvalue weighted by molar-refractivity contribution is 9.10. The first-order chi connectivity index (χ1) is 6.13. The molecule has 1 aromatic carbocycles. The first kappa shape index (κ1) is 9.10. The lowest BCUT2D eigenvalue weighted by molar-refractivity contribution is 0.916. The van der Waals surface area contributed by atoms with Gasteiger partial charge in [-0.1, -0.05) is 23.7 Å². The van der Waals surface area contributed by atoms with Crippen LogP contribution < -0.4 is 0 Å². The van der Waals surface area contributed by atoms with Crippen molar-refractivity contribution in [2.24, 2.45) is 7.05 Å². The minimum absolute atomic E-state index is 0.846. The molecule has 2 aromatic rings. The van der Waals surface area contributed by atoms with Crippen LogP contribution in [0.3, 0.4) is 0 Å². The Balaban J connectivity index is 3.03. The van der Waals surface area contributed by atoms with Gasteiger partial charge in [-0.05, 0) is 28.9 Å². The summed E-state index contributed by atoms with van der Waals surface area (Å²) in [7, 11) is 2.02. The normalized spacial score (nSPS) is 11.1. The third kappa shape index (κ3) is 1.20. The van der Waals surface area contributed by atoms with E-state index in [1.807, 2.05) is 32.2 Å². The van der Waals surface area contributed by atoms with E-state index in [0.29, 0.717) is 0 Å². The Labute approximate surface area is 90.4 Å². The minimum atomic E-state index is 0.846. The van der Waals surface area contributed by atoms with E-state index in [9.17, 15) is 0 Å². The van der Waals surface area contributed by atoms with E-state index in [4.69, 9.17) is 11.6 Å². The molecule has 0 unspecified atom stereocenters. The molecule has 2 rings (SSSR count). The van der Waals surface area contributed by atoms with Gasteiger partial charge >= 0.3 is 0 Å². The Morgan fingerprint density at radius 1 is 1.38 bits per heavy atom. The summed E-state index contributed by atoms with van der Waals surface area (Å²) >= 11 is 9.69. The van der Waals surface area contributed by atoms with Crippen molar-refractivity contribution in [2.75, 3.05) is 0 Å². The molecule has 0 spiro atoms. The summed E-state index contributed by atoms with van der Waals surface area (Å²) in [5.41, 5.74) is 2.26. The second-order valence-electron chi connectivity index (χ2n) is 3.09. The number of hydrogen-bond donors (Lipinski definition) is 0. The fourth-order valence-electron chi connectivity index (χ4n) is 1.54. The Kier molecular flexibility index (Phi) is 2.12. The van der Waals surface area contributed by atoms with Gasteiger partial charge in [-0.3, -0.25) is 0 Å². The fraction of sp³-hybridized carbons (Fsp3) is 0.200. The summed E-state index contributed by atoms with van der Waals surface area (Å²) in [6.07, 6.45) is 0. The molecule has 0 N–H and O–H groups in total. The summed E-state index contributed by atoms with van der Waals surface area (Å²) in [6.45, 7) is 2.02. The molecule has 0 atom stereocenters. The second-order valence-corrected chi connectivity index (χ2v) is 4.33. The predicted octanol–water partition coefficient (Wildman–Crippen LogP) is 3.90. The number of aromatic nitrogens is 1.